The number of methoxy groups -OCH3 is 2. The van der Waals surface area contributed by atoms with E-state index in [1.807, 2.05) is 41.3 Å². The van der Waals surface area contributed by atoms with Crippen molar-refractivity contribution >= 4 is 22.6 Å². The lowest BCUT2D eigenvalue weighted by atomic mass is 10.0. The fourth-order valence-electron chi connectivity index (χ4n) is 5.01. The van der Waals surface area contributed by atoms with Gasteiger partial charge < -0.3 is 19.7 Å². The number of pyridine rings is 1. The van der Waals surface area contributed by atoms with Crippen molar-refractivity contribution in [2.75, 3.05) is 19.5 Å². The van der Waals surface area contributed by atoms with E-state index in [-0.39, 0.29) is 11.9 Å². The number of hydrogen-bond donors (Lipinski definition) is 1. The topological polar surface area (TPSA) is 89.5 Å². The molecule has 1 fully saturated rings. The SMILES string of the molecule is COc1ccc(CNc2ncnc3ccc(-c4cccc(CN(C(=O)c5cccnc5)C5CC5)c4)cc23)c(OC)c1. The van der Waals surface area contributed by atoms with Crippen molar-refractivity contribution in [3.8, 4) is 22.6 Å². The normalized spacial score (nSPS) is 12.6. The number of nitrogens with zero attached hydrogens (tertiary/aromatic N) is 4. The van der Waals surface area contributed by atoms with Gasteiger partial charge in [-0.05, 0) is 72.0 Å². The third kappa shape index (κ3) is 5.82. The van der Waals surface area contributed by atoms with Gasteiger partial charge in [0.2, 0.25) is 0 Å². The molecule has 206 valence electrons. The minimum absolute atomic E-state index is 0.0260. The average molecular weight is 546 g/mol. The molecular formula is C33H31N5O3. The molecule has 0 bridgehead atoms. The summed E-state index contributed by atoms with van der Waals surface area (Å²) < 4.78 is 10.9. The fourth-order valence-corrected chi connectivity index (χ4v) is 5.01. The molecule has 8 nitrogen and oxygen atoms in total. The van der Waals surface area contributed by atoms with Crippen molar-refractivity contribution in [1.29, 1.82) is 0 Å². The summed E-state index contributed by atoms with van der Waals surface area (Å²) in [7, 11) is 3.29. The van der Waals surface area contributed by atoms with Crippen LogP contribution >= 0.6 is 0 Å². The van der Waals surface area contributed by atoms with Crippen molar-refractivity contribution in [1.82, 2.24) is 19.9 Å². The number of benzene rings is 3. The van der Waals surface area contributed by atoms with Crippen LogP contribution in [0.3, 0.4) is 0 Å². The third-order valence-corrected chi connectivity index (χ3v) is 7.35. The molecule has 1 saturated carbocycles. The van der Waals surface area contributed by atoms with E-state index >= 15 is 0 Å². The number of aromatic nitrogens is 3. The summed E-state index contributed by atoms with van der Waals surface area (Å²) >= 11 is 0. The summed E-state index contributed by atoms with van der Waals surface area (Å²) in [6, 6.07) is 24.3. The van der Waals surface area contributed by atoms with Gasteiger partial charge in [0.05, 0.1) is 25.3 Å². The molecule has 41 heavy (non-hydrogen) atoms. The van der Waals surface area contributed by atoms with Crippen molar-refractivity contribution in [3.05, 3.63) is 108 Å². The minimum Gasteiger partial charge on any atom is -0.497 e. The Bertz CT molecular complexity index is 1690. The Balaban J connectivity index is 1.25. The van der Waals surface area contributed by atoms with Gasteiger partial charge in [-0.25, -0.2) is 9.97 Å². The van der Waals surface area contributed by atoms with E-state index in [1.165, 1.54) is 0 Å². The van der Waals surface area contributed by atoms with Gasteiger partial charge in [0.25, 0.3) is 5.91 Å². The molecule has 0 saturated heterocycles. The predicted octanol–water partition coefficient (Wildman–Crippen LogP) is 6.13. The maximum atomic E-state index is 13.3. The molecule has 0 aliphatic heterocycles. The van der Waals surface area contributed by atoms with Gasteiger partial charge in [-0.2, -0.15) is 0 Å². The summed E-state index contributed by atoms with van der Waals surface area (Å²) in [6.07, 6.45) is 6.97. The number of carbonyl (C=O) groups excluding carboxylic acids is 1. The molecule has 0 spiro atoms. The first-order chi connectivity index (χ1) is 20.1. The number of amides is 1. The first kappa shape index (κ1) is 26.3. The zero-order valence-corrected chi connectivity index (χ0v) is 23.1. The van der Waals surface area contributed by atoms with Crippen molar-refractivity contribution in [3.63, 3.8) is 0 Å². The highest BCUT2D eigenvalue weighted by molar-refractivity contribution is 5.94. The van der Waals surface area contributed by atoms with Crippen LogP contribution in [0.15, 0.2) is 91.5 Å². The van der Waals surface area contributed by atoms with Crippen LogP contribution in [0.5, 0.6) is 11.5 Å². The molecule has 8 heteroatoms. The second kappa shape index (κ2) is 11.6. The number of hydrogen-bond acceptors (Lipinski definition) is 7. The van der Waals surface area contributed by atoms with E-state index in [9.17, 15) is 4.79 Å². The third-order valence-electron chi connectivity index (χ3n) is 7.35. The summed E-state index contributed by atoms with van der Waals surface area (Å²) in [4.78, 5) is 28.4. The van der Waals surface area contributed by atoms with Crippen LogP contribution in [0, 0.1) is 0 Å². The lowest BCUT2D eigenvalue weighted by molar-refractivity contribution is 0.0729. The molecule has 3 aromatic carbocycles. The molecule has 2 aromatic heterocycles. The van der Waals surface area contributed by atoms with Crippen LogP contribution in [0.25, 0.3) is 22.0 Å². The fraction of sp³-hybridized carbons (Fsp3) is 0.212. The highest BCUT2D eigenvalue weighted by atomic mass is 16.5. The number of anilines is 1. The lowest BCUT2D eigenvalue weighted by Crippen LogP contribution is -2.32. The second-order valence-corrected chi connectivity index (χ2v) is 10.1. The average Bonchev–Trinajstić information content (AvgIpc) is 3.88. The Morgan fingerprint density at radius 1 is 0.951 bits per heavy atom. The summed E-state index contributed by atoms with van der Waals surface area (Å²) in [5.74, 6) is 2.26. The van der Waals surface area contributed by atoms with Gasteiger partial charge in [-0.3, -0.25) is 9.78 Å². The zero-order chi connectivity index (χ0) is 28.2. The Morgan fingerprint density at radius 3 is 2.61 bits per heavy atom. The Morgan fingerprint density at radius 2 is 1.83 bits per heavy atom. The van der Waals surface area contributed by atoms with Crippen LogP contribution in [-0.2, 0) is 13.1 Å². The highest BCUT2D eigenvalue weighted by Gasteiger charge is 2.33. The van der Waals surface area contributed by atoms with E-state index in [4.69, 9.17) is 9.47 Å². The maximum absolute atomic E-state index is 13.3. The summed E-state index contributed by atoms with van der Waals surface area (Å²) in [6.45, 7) is 1.08. The molecule has 5 aromatic rings. The molecule has 0 unspecified atom stereocenters. The molecule has 0 radical (unpaired) electrons. The number of ether oxygens (including phenoxy) is 2. The molecule has 0 atom stereocenters. The van der Waals surface area contributed by atoms with E-state index < -0.39 is 0 Å². The largest absolute Gasteiger partial charge is 0.497 e. The molecule has 1 amide bonds. The number of rotatable bonds is 10. The van der Waals surface area contributed by atoms with Crippen molar-refractivity contribution in [2.24, 2.45) is 0 Å². The van der Waals surface area contributed by atoms with Crippen LogP contribution in [0.1, 0.15) is 34.3 Å². The highest BCUT2D eigenvalue weighted by Crippen LogP contribution is 2.32. The van der Waals surface area contributed by atoms with Crippen molar-refractivity contribution in [2.45, 2.75) is 32.0 Å². The monoisotopic (exact) mass is 545 g/mol. The van der Waals surface area contributed by atoms with Crippen LogP contribution < -0.4 is 14.8 Å². The number of fused-ring (bicyclic) bond motifs is 1. The van der Waals surface area contributed by atoms with E-state index in [1.54, 1.807) is 39.0 Å². The molecule has 6 rings (SSSR count). The van der Waals surface area contributed by atoms with Crippen LogP contribution in [0.4, 0.5) is 5.82 Å². The lowest BCUT2D eigenvalue weighted by Gasteiger charge is -2.23. The first-order valence-electron chi connectivity index (χ1n) is 13.6. The summed E-state index contributed by atoms with van der Waals surface area (Å²) in [5, 5.41) is 4.38. The molecule has 1 N–H and O–H groups in total. The van der Waals surface area contributed by atoms with Crippen LogP contribution in [-0.4, -0.2) is 46.0 Å². The van der Waals surface area contributed by atoms with Gasteiger partial charge in [-0.15, -0.1) is 0 Å². The van der Waals surface area contributed by atoms with Gasteiger partial charge in [0.15, 0.2) is 0 Å². The van der Waals surface area contributed by atoms with Gasteiger partial charge in [0.1, 0.15) is 23.6 Å². The molecule has 1 aliphatic rings. The van der Waals surface area contributed by atoms with Gasteiger partial charge in [0, 0.05) is 48.5 Å². The predicted molar refractivity (Wildman–Crippen MR) is 159 cm³/mol. The first-order valence-corrected chi connectivity index (χ1v) is 13.6. The van der Waals surface area contributed by atoms with E-state index in [0.717, 1.165) is 63.3 Å². The molecule has 2 heterocycles. The van der Waals surface area contributed by atoms with Crippen LogP contribution in [0.2, 0.25) is 0 Å². The maximum Gasteiger partial charge on any atom is 0.255 e. The Labute approximate surface area is 239 Å². The molecule has 1 aliphatic carbocycles. The van der Waals surface area contributed by atoms with E-state index in [2.05, 4.69) is 50.6 Å². The standard InChI is InChI=1S/C33H31N5O3/c1-40-28-12-8-25(31(17-28)41-2)19-35-32-29-16-24(9-13-30(29)36-21-37-32)23-6-3-5-22(15-23)20-38(27-10-11-27)33(39)26-7-4-14-34-18-26/h3-9,12-18,21,27H,10-11,19-20H2,1-2H3,(H,35,36,37). The zero-order valence-electron chi connectivity index (χ0n) is 23.1. The molecular weight excluding hydrogens is 514 g/mol. The van der Waals surface area contributed by atoms with Gasteiger partial charge in [-0.1, -0.05) is 24.3 Å². The number of carbonyl (C=O) groups is 1. The van der Waals surface area contributed by atoms with E-state index in [0.29, 0.717) is 18.7 Å². The minimum atomic E-state index is 0.0260. The Kier molecular flexibility index (Phi) is 7.45. The second-order valence-electron chi connectivity index (χ2n) is 10.1. The number of nitrogens with one attached hydrogen (secondary N) is 1. The van der Waals surface area contributed by atoms with Gasteiger partial charge >= 0.3 is 0 Å². The quantitative estimate of drug-likeness (QED) is 0.226. The summed E-state index contributed by atoms with van der Waals surface area (Å²) in [5.41, 5.74) is 5.67. The Hall–Kier alpha value is -4.98. The van der Waals surface area contributed by atoms with Crippen molar-refractivity contribution < 1.29 is 14.3 Å². The smallest absolute Gasteiger partial charge is 0.255 e.